The number of hydrazine groups is 1. The van der Waals surface area contributed by atoms with Crippen LogP contribution in [0.15, 0.2) is 54.9 Å². The van der Waals surface area contributed by atoms with Gasteiger partial charge in [-0.3, -0.25) is 20.4 Å². The number of benzene rings is 2. The second-order valence-electron chi connectivity index (χ2n) is 4.69. The summed E-state index contributed by atoms with van der Waals surface area (Å²) < 4.78 is 14.9. The normalized spacial score (nSPS) is 10.2. The van der Waals surface area contributed by atoms with E-state index in [9.17, 15) is 14.0 Å². The van der Waals surface area contributed by atoms with Crippen molar-refractivity contribution in [3.63, 3.8) is 0 Å². The predicted molar refractivity (Wildman–Crippen MR) is 80.5 cm³/mol. The Morgan fingerprint density at radius 3 is 2.33 bits per heavy atom. The largest absolute Gasteiger partial charge is 0.272 e. The van der Waals surface area contributed by atoms with Gasteiger partial charge in [-0.15, -0.1) is 5.10 Å². The van der Waals surface area contributed by atoms with Gasteiger partial charge in [-0.2, -0.15) is 0 Å². The van der Waals surface area contributed by atoms with Crippen molar-refractivity contribution in [1.29, 1.82) is 0 Å². The lowest BCUT2D eigenvalue weighted by molar-refractivity contribution is 0.0844. The fourth-order valence-corrected chi connectivity index (χ4v) is 1.94. The summed E-state index contributed by atoms with van der Waals surface area (Å²) in [6.45, 7) is 0. The lowest BCUT2D eigenvalue weighted by Gasteiger charge is -2.08. The molecule has 0 saturated heterocycles. The minimum atomic E-state index is -0.744. The first kappa shape index (κ1) is 15.3. The summed E-state index contributed by atoms with van der Waals surface area (Å²) >= 11 is 0. The standard InChI is InChI=1S/C15H11FN6O2/c16-13-4-2-1-3-12(13)15(24)19-18-14(23)10-5-7-11(8-6-10)22-9-17-20-21-22/h1-9H,(H,18,23)(H,19,24). The molecule has 0 aliphatic rings. The van der Waals surface area contributed by atoms with Crippen LogP contribution in [0.2, 0.25) is 0 Å². The van der Waals surface area contributed by atoms with Crippen LogP contribution < -0.4 is 10.9 Å². The maximum Gasteiger partial charge on any atom is 0.272 e. The number of carbonyl (C=O) groups is 2. The molecule has 1 aromatic heterocycles. The van der Waals surface area contributed by atoms with Gasteiger partial charge in [0.05, 0.1) is 11.3 Å². The third-order valence-corrected chi connectivity index (χ3v) is 3.15. The molecule has 9 heteroatoms. The maximum absolute atomic E-state index is 13.5. The van der Waals surface area contributed by atoms with Crippen molar-refractivity contribution in [3.8, 4) is 5.69 Å². The van der Waals surface area contributed by atoms with Gasteiger partial charge < -0.3 is 0 Å². The number of nitrogens with zero attached hydrogens (tertiary/aromatic N) is 4. The molecule has 2 aromatic carbocycles. The van der Waals surface area contributed by atoms with Gasteiger partial charge in [0.25, 0.3) is 11.8 Å². The quantitative estimate of drug-likeness (QED) is 0.696. The van der Waals surface area contributed by atoms with Crippen LogP contribution in [0.5, 0.6) is 0 Å². The van der Waals surface area contributed by atoms with Crippen molar-refractivity contribution in [2.24, 2.45) is 0 Å². The summed E-state index contributed by atoms with van der Waals surface area (Å²) in [6.07, 6.45) is 1.42. The molecular weight excluding hydrogens is 315 g/mol. The van der Waals surface area contributed by atoms with Gasteiger partial charge in [-0.1, -0.05) is 12.1 Å². The zero-order chi connectivity index (χ0) is 16.9. The molecule has 8 nitrogen and oxygen atoms in total. The molecule has 0 radical (unpaired) electrons. The van der Waals surface area contributed by atoms with E-state index < -0.39 is 17.6 Å². The molecule has 2 N–H and O–H groups in total. The van der Waals surface area contributed by atoms with Crippen molar-refractivity contribution < 1.29 is 14.0 Å². The molecule has 1 heterocycles. The first-order chi connectivity index (χ1) is 11.6. The van der Waals surface area contributed by atoms with Crippen LogP contribution in [0.1, 0.15) is 20.7 Å². The van der Waals surface area contributed by atoms with Crippen molar-refractivity contribution in [2.75, 3.05) is 0 Å². The van der Waals surface area contributed by atoms with Crippen molar-refractivity contribution in [3.05, 3.63) is 71.8 Å². The number of amides is 2. The fraction of sp³-hybridized carbons (Fsp3) is 0. The summed E-state index contributed by atoms with van der Waals surface area (Å²) in [4.78, 5) is 23.8. The highest BCUT2D eigenvalue weighted by molar-refractivity contribution is 5.99. The Hall–Kier alpha value is -3.62. The third-order valence-electron chi connectivity index (χ3n) is 3.15. The number of carbonyl (C=O) groups excluding carboxylic acids is 2. The van der Waals surface area contributed by atoms with Gasteiger partial charge >= 0.3 is 0 Å². The molecule has 0 unspecified atom stereocenters. The molecule has 2 amide bonds. The molecule has 0 fully saturated rings. The second-order valence-corrected chi connectivity index (χ2v) is 4.69. The number of hydrogen-bond donors (Lipinski definition) is 2. The smallest absolute Gasteiger partial charge is 0.267 e. The number of halogens is 1. The third kappa shape index (κ3) is 3.24. The monoisotopic (exact) mass is 326 g/mol. The van der Waals surface area contributed by atoms with Crippen LogP contribution in [0, 0.1) is 5.82 Å². The molecule has 0 saturated carbocycles. The highest BCUT2D eigenvalue weighted by atomic mass is 19.1. The van der Waals surface area contributed by atoms with Gasteiger partial charge in [0.1, 0.15) is 12.1 Å². The summed E-state index contributed by atoms with van der Waals surface area (Å²) in [5.41, 5.74) is 5.21. The molecule has 0 bridgehead atoms. The summed E-state index contributed by atoms with van der Waals surface area (Å²) in [5.74, 6) is -1.95. The highest BCUT2D eigenvalue weighted by Gasteiger charge is 2.12. The summed E-state index contributed by atoms with van der Waals surface area (Å²) in [7, 11) is 0. The van der Waals surface area contributed by atoms with Crippen LogP contribution in [0.4, 0.5) is 4.39 Å². The Balaban J connectivity index is 1.63. The summed E-state index contributed by atoms with van der Waals surface area (Å²) in [6, 6.07) is 11.8. The molecule has 24 heavy (non-hydrogen) atoms. The summed E-state index contributed by atoms with van der Waals surface area (Å²) in [5, 5.41) is 10.8. The van der Waals surface area contributed by atoms with Crippen molar-refractivity contribution >= 4 is 11.8 Å². The Labute approximate surface area is 135 Å². The minimum Gasteiger partial charge on any atom is -0.267 e. The van der Waals surface area contributed by atoms with Crippen LogP contribution in [-0.4, -0.2) is 32.0 Å². The molecular formula is C15H11FN6O2. The van der Waals surface area contributed by atoms with Gasteiger partial charge in [-0.25, -0.2) is 9.07 Å². The number of hydrogen-bond acceptors (Lipinski definition) is 5. The molecule has 0 spiro atoms. The average molecular weight is 326 g/mol. The SMILES string of the molecule is O=C(NNC(=O)c1ccccc1F)c1ccc(-n2cnnn2)cc1. The first-order valence-electron chi connectivity index (χ1n) is 6.84. The van der Waals surface area contributed by atoms with Crippen molar-refractivity contribution in [2.45, 2.75) is 0 Å². The Bertz CT molecular complexity index is 864. The van der Waals surface area contributed by atoms with Gasteiger partial charge in [0.2, 0.25) is 0 Å². The molecule has 3 aromatic rings. The van der Waals surface area contributed by atoms with E-state index >= 15 is 0 Å². The molecule has 0 aliphatic heterocycles. The van der Waals surface area contributed by atoms with Crippen LogP contribution >= 0.6 is 0 Å². The Kier molecular flexibility index (Phi) is 4.23. The molecule has 0 atom stereocenters. The van der Waals surface area contributed by atoms with E-state index in [1.54, 1.807) is 24.3 Å². The lowest BCUT2D eigenvalue weighted by Crippen LogP contribution is -2.41. The van der Waals surface area contributed by atoms with Crippen LogP contribution in [0.3, 0.4) is 0 Å². The van der Waals surface area contributed by atoms with Crippen LogP contribution in [-0.2, 0) is 0 Å². The van der Waals surface area contributed by atoms with E-state index in [0.29, 0.717) is 11.3 Å². The molecule has 0 aliphatic carbocycles. The van der Waals surface area contributed by atoms with Crippen LogP contribution in [0.25, 0.3) is 5.69 Å². The van der Waals surface area contributed by atoms with E-state index in [1.807, 2.05) is 0 Å². The molecule has 3 rings (SSSR count). The number of aromatic nitrogens is 4. The first-order valence-corrected chi connectivity index (χ1v) is 6.84. The lowest BCUT2D eigenvalue weighted by atomic mass is 10.2. The number of tetrazole rings is 1. The Morgan fingerprint density at radius 1 is 0.958 bits per heavy atom. The minimum absolute atomic E-state index is 0.160. The van der Waals surface area contributed by atoms with E-state index in [-0.39, 0.29) is 5.56 Å². The maximum atomic E-state index is 13.5. The van der Waals surface area contributed by atoms with E-state index in [1.165, 1.54) is 29.2 Å². The van der Waals surface area contributed by atoms with Gasteiger partial charge in [0.15, 0.2) is 0 Å². The average Bonchev–Trinajstić information content (AvgIpc) is 3.14. The Morgan fingerprint density at radius 2 is 1.67 bits per heavy atom. The van der Waals surface area contributed by atoms with Crippen molar-refractivity contribution in [1.82, 2.24) is 31.1 Å². The van der Waals surface area contributed by atoms with E-state index in [4.69, 9.17) is 0 Å². The predicted octanol–water partition coefficient (Wildman–Crippen LogP) is 0.876. The second kappa shape index (κ2) is 6.65. The zero-order valence-corrected chi connectivity index (χ0v) is 12.2. The number of nitrogens with one attached hydrogen (secondary N) is 2. The van der Waals surface area contributed by atoms with E-state index in [2.05, 4.69) is 26.4 Å². The van der Waals surface area contributed by atoms with Gasteiger partial charge in [-0.05, 0) is 46.8 Å². The van der Waals surface area contributed by atoms with E-state index in [0.717, 1.165) is 6.07 Å². The topological polar surface area (TPSA) is 102 Å². The highest BCUT2D eigenvalue weighted by Crippen LogP contribution is 2.08. The fourth-order valence-electron chi connectivity index (χ4n) is 1.94. The van der Waals surface area contributed by atoms with Gasteiger partial charge in [0, 0.05) is 5.56 Å². The zero-order valence-electron chi connectivity index (χ0n) is 12.2. The number of rotatable bonds is 3. The molecule has 120 valence electrons.